The second kappa shape index (κ2) is 19.4. The number of carbonyl (C=O) groups excluding carboxylic acids is 1. The molecular formula is C28H50N4OS. The summed E-state index contributed by atoms with van der Waals surface area (Å²) in [5, 5.41) is 4.22. The number of benzene rings is 1. The third kappa shape index (κ3) is 12.0. The molecule has 1 fully saturated rings. The number of aryl methyl sites for hydroxylation is 1. The van der Waals surface area contributed by atoms with Crippen LogP contribution in [-0.2, 0) is 11.2 Å². The van der Waals surface area contributed by atoms with Crippen molar-refractivity contribution in [2.45, 2.75) is 105 Å². The summed E-state index contributed by atoms with van der Waals surface area (Å²) in [7, 11) is 0. The van der Waals surface area contributed by atoms with Gasteiger partial charge in [-0.3, -0.25) is 4.79 Å². The van der Waals surface area contributed by atoms with Crippen LogP contribution in [0.5, 0.6) is 0 Å². The smallest absolute Gasteiger partial charge is 0.220 e. The Balaban J connectivity index is 0.00000121. The molecule has 5 nitrogen and oxygen atoms in total. The van der Waals surface area contributed by atoms with Crippen molar-refractivity contribution in [1.82, 2.24) is 10.3 Å². The van der Waals surface area contributed by atoms with Gasteiger partial charge in [0.25, 0.3) is 0 Å². The van der Waals surface area contributed by atoms with Crippen LogP contribution in [0.25, 0.3) is 10.2 Å². The average Bonchev–Trinajstić information content (AvgIpc) is 3.26. The first-order valence-electron chi connectivity index (χ1n) is 13.1. The van der Waals surface area contributed by atoms with E-state index in [1.54, 1.807) is 11.3 Å². The molecule has 1 atom stereocenters. The molecule has 6 heteroatoms. The molecule has 0 spiro atoms. The van der Waals surface area contributed by atoms with E-state index in [1.807, 2.05) is 13.8 Å². The normalized spacial score (nSPS) is 14.0. The van der Waals surface area contributed by atoms with Gasteiger partial charge in [0, 0.05) is 25.4 Å². The second-order valence-electron chi connectivity index (χ2n) is 8.74. The van der Waals surface area contributed by atoms with E-state index in [0.717, 1.165) is 10.5 Å². The van der Waals surface area contributed by atoms with Gasteiger partial charge in [0.05, 0.1) is 15.2 Å². The summed E-state index contributed by atoms with van der Waals surface area (Å²) < 4.78 is 1.22. The van der Waals surface area contributed by atoms with Crippen molar-refractivity contribution in [3.63, 3.8) is 0 Å². The predicted molar refractivity (Wildman–Crippen MR) is 151 cm³/mol. The maximum absolute atomic E-state index is 12.4. The number of nitrogens with one attached hydrogen (secondary N) is 1. The summed E-state index contributed by atoms with van der Waals surface area (Å²) in [6.07, 6.45) is 9.92. The minimum absolute atomic E-state index is 0.105. The second-order valence-corrected chi connectivity index (χ2v) is 9.86. The summed E-state index contributed by atoms with van der Waals surface area (Å²) in [5.74, 6) is 1.17. The predicted octanol–water partition coefficient (Wildman–Crippen LogP) is 6.91. The Morgan fingerprint density at radius 3 is 2.35 bits per heavy atom. The van der Waals surface area contributed by atoms with Crippen molar-refractivity contribution in [2.24, 2.45) is 17.4 Å². The Morgan fingerprint density at radius 1 is 1.24 bits per heavy atom. The van der Waals surface area contributed by atoms with Gasteiger partial charge in [-0.1, -0.05) is 79.9 Å². The third-order valence-corrected chi connectivity index (χ3v) is 6.59. The van der Waals surface area contributed by atoms with Crippen LogP contribution >= 0.6 is 11.3 Å². The summed E-state index contributed by atoms with van der Waals surface area (Å²) >= 11 is 1.71. The molecule has 1 aliphatic carbocycles. The van der Waals surface area contributed by atoms with Crippen molar-refractivity contribution in [2.75, 3.05) is 6.54 Å². The molecule has 1 aromatic heterocycles. The highest BCUT2D eigenvalue weighted by molar-refractivity contribution is 7.18. The standard InChI is InChI=1S/C21H31N3OS.C3H8.C2H5N.C2H6/c1-14(2)16-8-9-17-19(12-16)26-21(24-17)11-10-20(25)23-18(13-22)15-6-4-3-5-7-15;1-3-2;1-2-3;1-2/h8-9,12,14-15,18H,3-7,10-11,13,22H2,1-2H3,(H,23,25);3H2,1-2H3;2H,1,3H2;1-2H3. The SMILES string of the molecule is C=CN.CC.CC(C)c1ccc2nc(CCC(=O)NC(CN)C3CCCCC3)sc2c1.CCC. The van der Waals surface area contributed by atoms with Gasteiger partial charge >= 0.3 is 0 Å². The monoisotopic (exact) mass is 490 g/mol. The van der Waals surface area contributed by atoms with Crippen LogP contribution < -0.4 is 16.8 Å². The van der Waals surface area contributed by atoms with Gasteiger partial charge in [-0.05, 0) is 48.6 Å². The molecule has 1 aromatic carbocycles. The summed E-state index contributed by atoms with van der Waals surface area (Å²) in [4.78, 5) is 17.1. The van der Waals surface area contributed by atoms with E-state index in [0.29, 0.717) is 31.2 Å². The van der Waals surface area contributed by atoms with Gasteiger partial charge in [0.15, 0.2) is 0 Å². The summed E-state index contributed by atoms with van der Waals surface area (Å²) in [6.45, 7) is 16.3. The molecule has 194 valence electrons. The minimum atomic E-state index is 0.105. The number of amides is 1. The minimum Gasteiger partial charge on any atom is -0.405 e. The fraction of sp³-hybridized carbons (Fsp3) is 0.643. The lowest BCUT2D eigenvalue weighted by Gasteiger charge is -2.30. The van der Waals surface area contributed by atoms with Gasteiger partial charge < -0.3 is 16.8 Å². The maximum Gasteiger partial charge on any atom is 0.220 e. The number of fused-ring (bicyclic) bond motifs is 1. The Hall–Kier alpha value is -1.92. The van der Waals surface area contributed by atoms with E-state index in [2.05, 4.69) is 68.5 Å². The zero-order valence-electron chi connectivity index (χ0n) is 22.5. The third-order valence-electron chi connectivity index (χ3n) is 5.51. The van der Waals surface area contributed by atoms with Gasteiger partial charge in [-0.15, -0.1) is 11.3 Å². The Bertz CT molecular complexity index is 797. The fourth-order valence-electron chi connectivity index (χ4n) is 3.86. The zero-order chi connectivity index (χ0) is 25.9. The van der Waals surface area contributed by atoms with Crippen LogP contribution in [0.1, 0.15) is 103 Å². The quantitative estimate of drug-likeness (QED) is 0.393. The van der Waals surface area contributed by atoms with Crippen LogP contribution in [-0.4, -0.2) is 23.5 Å². The molecule has 1 aliphatic rings. The van der Waals surface area contributed by atoms with Crippen LogP contribution in [0, 0.1) is 5.92 Å². The lowest BCUT2D eigenvalue weighted by Crippen LogP contribution is -2.45. The van der Waals surface area contributed by atoms with E-state index in [4.69, 9.17) is 5.73 Å². The number of nitrogens with zero attached hydrogens (tertiary/aromatic N) is 1. The van der Waals surface area contributed by atoms with Crippen LogP contribution in [0.15, 0.2) is 31.0 Å². The van der Waals surface area contributed by atoms with Crippen LogP contribution in [0.2, 0.25) is 0 Å². The van der Waals surface area contributed by atoms with Gasteiger partial charge in [-0.2, -0.15) is 0 Å². The molecule has 0 aliphatic heterocycles. The average molecular weight is 491 g/mol. The lowest BCUT2D eigenvalue weighted by molar-refractivity contribution is -0.122. The number of aromatic nitrogens is 1. The number of hydrogen-bond acceptors (Lipinski definition) is 5. The first-order valence-corrected chi connectivity index (χ1v) is 13.9. The van der Waals surface area contributed by atoms with Gasteiger partial charge in [0.2, 0.25) is 5.91 Å². The molecule has 0 bridgehead atoms. The van der Waals surface area contributed by atoms with Crippen molar-refractivity contribution >= 4 is 27.5 Å². The largest absolute Gasteiger partial charge is 0.405 e. The molecule has 1 amide bonds. The maximum atomic E-state index is 12.4. The molecule has 0 radical (unpaired) electrons. The summed E-state index contributed by atoms with van der Waals surface area (Å²) in [6, 6.07) is 6.61. The van der Waals surface area contributed by atoms with Crippen molar-refractivity contribution in [1.29, 1.82) is 0 Å². The van der Waals surface area contributed by atoms with Gasteiger partial charge in [-0.25, -0.2) is 4.98 Å². The Morgan fingerprint density at radius 2 is 1.82 bits per heavy atom. The molecule has 34 heavy (non-hydrogen) atoms. The highest BCUT2D eigenvalue weighted by Gasteiger charge is 2.23. The number of nitrogens with two attached hydrogens (primary N) is 2. The molecule has 1 unspecified atom stereocenters. The van der Waals surface area contributed by atoms with Crippen molar-refractivity contribution < 1.29 is 4.79 Å². The Kier molecular flexibility index (Phi) is 18.3. The first kappa shape index (κ1) is 32.1. The van der Waals surface area contributed by atoms with Gasteiger partial charge in [0.1, 0.15) is 0 Å². The molecule has 1 heterocycles. The fourth-order valence-corrected chi connectivity index (χ4v) is 4.88. The van der Waals surface area contributed by atoms with Crippen molar-refractivity contribution in [3.05, 3.63) is 41.5 Å². The molecule has 0 saturated heterocycles. The first-order chi connectivity index (χ1) is 16.4. The number of hydrogen-bond donors (Lipinski definition) is 3. The van der Waals surface area contributed by atoms with E-state index in [9.17, 15) is 4.79 Å². The lowest BCUT2D eigenvalue weighted by atomic mass is 9.84. The van der Waals surface area contributed by atoms with E-state index < -0.39 is 0 Å². The van der Waals surface area contributed by atoms with Crippen LogP contribution in [0.4, 0.5) is 0 Å². The van der Waals surface area contributed by atoms with Crippen LogP contribution in [0.3, 0.4) is 0 Å². The van der Waals surface area contributed by atoms with E-state index in [1.165, 1.54) is 55.0 Å². The molecule has 5 N–H and O–H groups in total. The molecular weight excluding hydrogens is 440 g/mol. The highest BCUT2D eigenvalue weighted by atomic mass is 32.1. The van der Waals surface area contributed by atoms with E-state index >= 15 is 0 Å². The van der Waals surface area contributed by atoms with Crippen molar-refractivity contribution in [3.8, 4) is 0 Å². The molecule has 1 saturated carbocycles. The number of carbonyl (C=O) groups is 1. The number of thiazole rings is 1. The Labute approximate surface area is 212 Å². The zero-order valence-corrected chi connectivity index (χ0v) is 23.3. The topological polar surface area (TPSA) is 94.0 Å². The van der Waals surface area contributed by atoms with E-state index in [-0.39, 0.29) is 11.9 Å². The molecule has 3 rings (SSSR count). The molecule has 2 aromatic rings. The highest BCUT2D eigenvalue weighted by Crippen LogP contribution is 2.28. The number of rotatable bonds is 7. The summed E-state index contributed by atoms with van der Waals surface area (Å²) in [5.41, 5.74) is 12.9.